The molecule has 0 aliphatic carbocycles. The topological polar surface area (TPSA) is 54.4 Å². The first kappa shape index (κ1) is 10.1. The molecule has 0 aromatic heterocycles. The molecule has 5 heteroatoms. The van der Waals surface area contributed by atoms with Crippen LogP contribution in [-0.4, -0.2) is 20.2 Å². The molecule has 62 valence electrons. The maximum atomic E-state index is 10.7. The Kier molecular flexibility index (Phi) is 3.06. The average molecular weight is 182 g/mol. The minimum Gasteiger partial charge on any atom is -0.291 e. The first-order valence-electron chi connectivity index (χ1n) is 3.28. The zero-order chi connectivity index (χ0) is 8.41. The zero-order valence-electron chi connectivity index (χ0n) is 6.59. The maximum absolute atomic E-state index is 10.7. The summed E-state index contributed by atoms with van der Waals surface area (Å²) in [5.74, 6) is 0. The molecule has 0 heterocycles. The van der Waals surface area contributed by atoms with Crippen molar-refractivity contribution in [3.63, 3.8) is 0 Å². The molecule has 0 aliphatic heterocycles. The highest BCUT2D eigenvalue weighted by Crippen LogP contribution is 2.17. The van der Waals surface area contributed by atoms with Gasteiger partial charge in [-0.2, -0.15) is 0 Å². The van der Waals surface area contributed by atoms with Crippen LogP contribution in [0.2, 0.25) is 19.1 Å². The average Bonchev–Trinajstić information content (AvgIpc) is 1.61. The monoisotopic (exact) mass is 182 g/mol. The first-order valence-corrected chi connectivity index (χ1v) is 8.65. The van der Waals surface area contributed by atoms with Crippen molar-refractivity contribution < 1.29 is 13.0 Å². The lowest BCUT2D eigenvalue weighted by Crippen LogP contribution is -2.36. The van der Waals surface area contributed by atoms with Crippen molar-refractivity contribution in [2.75, 3.05) is 0 Å². The maximum Gasteiger partial charge on any atom is 0.227 e. The molecule has 0 aliphatic rings. The van der Waals surface area contributed by atoms with Crippen molar-refractivity contribution in [3.05, 3.63) is 0 Å². The lowest BCUT2D eigenvalue weighted by Gasteiger charge is -2.15. The van der Waals surface area contributed by atoms with Crippen LogP contribution in [0.1, 0.15) is 13.3 Å². The van der Waals surface area contributed by atoms with E-state index in [0.717, 1.165) is 6.42 Å². The van der Waals surface area contributed by atoms with Crippen molar-refractivity contribution in [1.29, 1.82) is 0 Å². The van der Waals surface area contributed by atoms with Crippen LogP contribution < -0.4 is 0 Å². The summed E-state index contributed by atoms with van der Waals surface area (Å²) >= 11 is 0. The predicted molar refractivity (Wildman–Crippen MR) is 44.1 cm³/mol. The Morgan fingerprint density at radius 1 is 1.40 bits per heavy atom. The molecular formula is C5H14O3SSi. The van der Waals surface area contributed by atoms with E-state index in [1.54, 1.807) is 13.1 Å². The quantitative estimate of drug-likeness (QED) is 0.531. The van der Waals surface area contributed by atoms with Crippen LogP contribution in [0.25, 0.3) is 0 Å². The number of hydrogen-bond donors (Lipinski definition) is 1. The molecule has 0 radical (unpaired) electrons. The van der Waals surface area contributed by atoms with Crippen LogP contribution in [0.4, 0.5) is 0 Å². The molecule has 0 aromatic carbocycles. The van der Waals surface area contributed by atoms with Crippen molar-refractivity contribution in [2.45, 2.75) is 32.5 Å². The van der Waals surface area contributed by atoms with Crippen LogP contribution >= 0.6 is 0 Å². The molecule has 0 atom stereocenters. The molecule has 0 spiro atoms. The van der Waals surface area contributed by atoms with Gasteiger partial charge in [-0.1, -0.05) is 26.4 Å². The summed E-state index contributed by atoms with van der Waals surface area (Å²) in [4.78, 5) is 0. The lowest BCUT2D eigenvalue weighted by molar-refractivity contribution is 0.498. The summed E-state index contributed by atoms with van der Waals surface area (Å²) in [5, 5.41) is 0. The third-order valence-electron chi connectivity index (χ3n) is 1.55. The molecule has 0 bridgehead atoms. The second kappa shape index (κ2) is 3.02. The standard InChI is InChI=1S/C5H14O3SSi/c1-4-5-10(2,3)9(6,7)8/h4-5H2,1-3H3,(H,6,7,8). The van der Waals surface area contributed by atoms with Crippen LogP contribution in [0.15, 0.2) is 0 Å². The van der Waals surface area contributed by atoms with E-state index < -0.39 is 16.8 Å². The molecule has 0 unspecified atom stereocenters. The van der Waals surface area contributed by atoms with E-state index >= 15 is 0 Å². The minimum absolute atomic E-state index is 0.631. The number of rotatable bonds is 3. The van der Waals surface area contributed by atoms with Gasteiger partial charge in [0, 0.05) is 0 Å². The van der Waals surface area contributed by atoms with E-state index in [0.29, 0.717) is 6.04 Å². The molecule has 3 nitrogen and oxygen atoms in total. The summed E-state index contributed by atoms with van der Waals surface area (Å²) in [6.45, 7) is 5.23. The molecule has 0 saturated carbocycles. The van der Waals surface area contributed by atoms with Crippen LogP contribution in [0, 0.1) is 0 Å². The Labute approximate surface area is 62.9 Å². The third-order valence-corrected chi connectivity index (χ3v) is 9.45. The fourth-order valence-electron chi connectivity index (χ4n) is 0.731. The second-order valence-electron chi connectivity index (χ2n) is 2.98. The number of hydrogen-bond acceptors (Lipinski definition) is 2. The summed E-state index contributed by atoms with van der Waals surface area (Å²) in [6, 6.07) is 0.631. The van der Waals surface area contributed by atoms with Gasteiger partial charge < -0.3 is 0 Å². The third kappa shape index (κ3) is 2.40. The fraction of sp³-hybridized carbons (Fsp3) is 1.00. The van der Waals surface area contributed by atoms with E-state index in [1.807, 2.05) is 6.92 Å². The minimum atomic E-state index is -3.73. The molecule has 10 heavy (non-hydrogen) atoms. The fourth-order valence-corrected chi connectivity index (χ4v) is 3.58. The summed E-state index contributed by atoms with van der Waals surface area (Å²) < 4.78 is 30.0. The SMILES string of the molecule is CCC[Si](C)(C)S(=O)(=O)O. The molecule has 0 rings (SSSR count). The van der Waals surface area contributed by atoms with E-state index in [1.165, 1.54) is 0 Å². The van der Waals surface area contributed by atoms with Gasteiger partial charge in [0.1, 0.15) is 0 Å². The Morgan fingerprint density at radius 2 is 1.80 bits per heavy atom. The van der Waals surface area contributed by atoms with Gasteiger partial charge in [0.15, 0.2) is 0 Å². The normalized spacial score (nSPS) is 13.6. The van der Waals surface area contributed by atoms with Gasteiger partial charge in [-0.25, -0.2) is 8.42 Å². The van der Waals surface area contributed by atoms with Gasteiger partial charge in [-0.05, 0) is 6.04 Å². The Bertz CT molecular complexity index is 195. The second-order valence-corrected chi connectivity index (χ2v) is 12.8. The van der Waals surface area contributed by atoms with Gasteiger partial charge in [-0.3, -0.25) is 4.55 Å². The Morgan fingerprint density at radius 3 is 1.90 bits per heavy atom. The van der Waals surface area contributed by atoms with E-state index in [4.69, 9.17) is 4.55 Å². The molecule has 0 saturated heterocycles. The summed E-state index contributed by atoms with van der Waals surface area (Å²) in [6.07, 6.45) is 0.818. The Balaban J connectivity index is 4.42. The lowest BCUT2D eigenvalue weighted by atomic mass is 10.6. The predicted octanol–water partition coefficient (Wildman–Crippen LogP) is 1.49. The van der Waals surface area contributed by atoms with E-state index in [-0.39, 0.29) is 0 Å². The van der Waals surface area contributed by atoms with Crippen LogP contribution in [-0.2, 0) is 9.57 Å². The van der Waals surface area contributed by atoms with Crippen molar-refractivity contribution in [2.24, 2.45) is 0 Å². The van der Waals surface area contributed by atoms with Gasteiger partial charge in [-0.15, -0.1) is 0 Å². The van der Waals surface area contributed by atoms with Crippen LogP contribution in [0.3, 0.4) is 0 Å². The van der Waals surface area contributed by atoms with Gasteiger partial charge in [0.2, 0.25) is 16.8 Å². The summed E-state index contributed by atoms with van der Waals surface area (Å²) in [7, 11) is -6.10. The van der Waals surface area contributed by atoms with Crippen molar-refractivity contribution in [3.8, 4) is 0 Å². The summed E-state index contributed by atoms with van der Waals surface area (Å²) in [5.41, 5.74) is 0. The van der Waals surface area contributed by atoms with Gasteiger partial charge in [0.25, 0.3) is 0 Å². The van der Waals surface area contributed by atoms with E-state index in [2.05, 4.69) is 0 Å². The Hall–Kier alpha value is 0.127. The first-order chi connectivity index (χ1) is 4.31. The van der Waals surface area contributed by atoms with E-state index in [9.17, 15) is 8.42 Å². The molecule has 0 aromatic rings. The molecule has 0 fully saturated rings. The van der Waals surface area contributed by atoms with Crippen LogP contribution in [0.5, 0.6) is 0 Å². The van der Waals surface area contributed by atoms with Gasteiger partial charge in [0.05, 0.1) is 0 Å². The highest BCUT2D eigenvalue weighted by molar-refractivity contribution is 8.17. The van der Waals surface area contributed by atoms with Crippen molar-refractivity contribution >= 4 is 16.8 Å². The highest BCUT2D eigenvalue weighted by Gasteiger charge is 2.34. The molecule has 1 N–H and O–H groups in total. The highest BCUT2D eigenvalue weighted by atomic mass is 32.4. The molecule has 0 amide bonds. The van der Waals surface area contributed by atoms with Gasteiger partial charge >= 0.3 is 0 Å². The largest absolute Gasteiger partial charge is 0.291 e. The van der Waals surface area contributed by atoms with Crippen molar-refractivity contribution in [1.82, 2.24) is 0 Å². The smallest absolute Gasteiger partial charge is 0.227 e. The molecular weight excluding hydrogens is 168 g/mol. The zero-order valence-corrected chi connectivity index (χ0v) is 8.40.